The van der Waals surface area contributed by atoms with E-state index in [1.54, 1.807) is 4.90 Å². The van der Waals surface area contributed by atoms with Crippen molar-refractivity contribution in [3.8, 4) is 0 Å². The number of carbonyl (C=O) groups excluding carboxylic acids is 1. The number of nitrogens with two attached hydrogens (primary N) is 1. The lowest BCUT2D eigenvalue weighted by atomic mass is 10.1. The minimum Gasteiger partial charge on any atom is -0.330 e. The number of hydrogen-bond donors (Lipinski definition) is 1. The Hall–Kier alpha value is -1.35. The molecule has 0 spiro atoms. The van der Waals surface area contributed by atoms with E-state index in [4.69, 9.17) is 5.73 Å². The molecule has 0 aliphatic heterocycles. The minimum atomic E-state index is 0.250. The molecule has 92 valence electrons. The Balaban J connectivity index is 1.98. The first-order valence-electron chi connectivity index (χ1n) is 6.29. The van der Waals surface area contributed by atoms with Crippen LogP contribution in [0, 0.1) is 5.92 Å². The molecule has 0 radical (unpaired) electrons. The molecule has 17 heavy (non-hydrogen) atoms. The van der Waals surface area contributed by atoms with Crippen molar-refractivity contribution in [2.45, 2.75) is 25.7 Å². The lowest BCUT2D eigenvalue weighted by Crippen LogP contribution is -2.27. The van der Waals surface area contributed by atoms with Gasteiger partial charge in [-0.05, 0) is 49.9 Å². The molecule has 1 amide bonds. The fraction of sp³-hybridized carbons (Fsp3) is 0.500. The standard InChI is InChI=1S/C14H20N2O/c1-16(14(17)12-6-7-12)13-8-4-11(5-9-13)3-2-10-15/h4-5,8-9,12H,2-3,6-7,10,15H2,1H3. The Kier molecular flexibility index (Phi) is 3.79. The molecule has 0 unspecified atom stereocenters. The van der Waals surface area contributed by atoms with E-state index in [2.05, 4.69) is 12.1 Å². The van der Waals surface area contributed by atoms with Crippen molar-refractivity contribution in [2.75, 3.05) is 18.5 Å². The van der Waals surface area contributed by atoms with E-state index in [1.165, 1.54) is 5.56 Å². The van der Waals surface area contributed by atoms with Crippen LogP contribution in [-0.4, -0.2) is 19.5 Å². The number of carbonyl (C=O) groups is 1. The fourth-order valence-electron chi connectivity index (χ4n) is 1.92. The highest BCUT2D eigenvalue weighted by Crippen LogP contribution is 2.32. The molecule has 1 aromatic rings. The summed E-state index contributed by atoms with van der Waals surface area (Å²) in [6.07, 6.45) is 4.13. The number of amides is 1. The molecule has 1 aliphatic carbocycles. The number of benzene rings is 1. The van der Waals surface area contributed by atoms with E-state index in [1.807, 2.05) is 19.2 Å². The van der Waals surface area contributed by atoms with Gasteiger partial charge in [0.1, 0.15) is 0 Å². The van der Waals surface area contributed by atoms with E-state index in [0.717, 1.165) is 37.9 Å². The van der Waals surface area contributed by atoms with Gasteiger partial charge in [0.05, 0.1) is 0 Å². The Morgan fingerprint density at radius 3 is 2.53 bits per heavy atom. The van der Waals surface area contributed by atoms with E-state index >= 15 is 0 Å². The first kappa shape index (κ1) is 12.1. The maximum Gasteiger partial charge on any atom is 0.229 e. The third-order valence-corrected chi connectivity index (χ3v) is 3.25. The van der Waals surface area contributed by atoms with Gasteiger partial charge in [0.25, 0.3) is 0 Å². The molecule has 0 atom stereocenters. The van der Waals surface area contributed by atoms with Crippen LogP contribution in [0.25, 0.3) is 0 Å². The number of rotatable bonds is 5. The van der Waals surface area contributed by atoms with E-state index < -0.39 is 0 Å². The monoisotopic (exact) mass is 232 g/mol. The number of nitrogens with zero attached hydrogens (tertiary/aromatic N) is 1. The SMILES string of the molecule is CN(C(=O)C1CC1)c1ccc(CCCN)cc1. The zero-order valence-electron chi connectivity index (χ0n) is 10.4. The molecule has 2 rings (SSSR count). The number of hydrogen-bond acceptors (Lipinski definition) is 2. The van der Waals surface area contributed by atoms with E-state index in [9.17, 15) is 4.79 Å². The molecule has 1 aliphatic rings. The van der Waals surface area contributed by atoms with Crippen molar-refractivity contribution >= 4 is 11.6 Å². The Morgan fingerprint density at radius 1 is 1.35 bits per heavy atom. The summed E-state index contributed by atoms with van der Waals surface area (Å²) < 4.78 is 0. The average Bonchev–Trinajstić information content (AvgIpc) is 3.19. The van der Waals surface area contributed by atoms with Crippen LogP contribution in [0.5, 0.6) is 0 Å². The third-order valence-electron chi connectivity index (χ3n) is 3.25. The first-order chi connectivity index (χ1) is 8.22. The molecular formula is C14H20N2O. The summed E-state index contributed by atoms with van der Waals surface area (Å²) in [5.74, 6) is 0.525. The van der Waals surface area contributed by atoms with Crippen molar-refractivity contribution in [1.29, 1.82) is 0 Å². The number of anilines is 1. The van der Waals surface area contributed by atoms with Gasteiger partial charge < -0.3 is 10.6 Å². The van der Waals surface area contributed by atoms with Gasteiger partial charge in [-0.25, -0.2) is 0 Å². The van der Waals surface area contributed by atoms with Crippen LogP contribution in [0.3, 0.4) is 0 Å². The molecule has 1 aromatic carbocycles. The number of aryl methyl sites for hydroxylation is 1. The molecule has 0 heterocycles. The Morgan fingerprint density at radius 2 is 2.00 bits per heavy atom. The van der Waals surface area contributed by atoms with Crippen molar-refractivity contribution < 1.29 is 4.79 Å². The smallest absolute Gasteiger partial charge is 0.229 e. The topological polar surface area (TPSA) is 46.3 Å². The van der Waals surface area contributed by atoms with Crippen molar-refractivity contribution in [1.82, 2.24) is 0 Å². The van der Waals surface area contributed by atoms with Gasteiger partial charge in [-0.3, -0.25) is 4.79 Å². The largest absolute Gasteiger partial charge is 0.330 e. The van der Waals surface area contributed by atoms with E-state index in [-0.39, 0.29) is 11.8 Å². The molecule has 2 N–H and O–H groups in total. The van der Waals surface area contributed by atoms with E-state index in [0.29, 0.717) is 0 Å². The molecule has 1 saturated carbocycles. The summed E-state index contributed by atoms with van der Waals surface area (Å²) in [6.45, 7) is 0.724. The average molecular weight is 232 g/mol. The van der Waals surface area contributed by atoms with Gasteiger partial charge in [0.15, 0.2) is 0 Å². The van der Waals surface area contributed by atoms with Gasteiger partial charge in [-0.1, -0.05) is 12.1 Å². The van der Waals surface area contributed by atoms with Crippen LogP contribution >= 0.6 is 0 Å². The van der Waals surface area contributed by atoms with Crippen LogP contribution < -0.4 is 10.6 Å². The maximum absolute atomic E-state index is 11.9. The first-order valence-corrected chi connectivity index (χ1v) is 6.29. The summed E-state index contributed by atoms with van der Waals surface area (Å²) in [7, 11) is 1.86. The lowest BCUT2D eigenvalue weighted by Gasteiger charge is -2.17. The minimum absolute atomic E-state index is 0.250. The highest BCUT2D eigenvalue weighted by molar-refractivity contribution is 5.95. The van der Waals surface area contributed by atoms with Gasteiger partial charge in [-0.15, -0.1) is 0 Å². The second kappa shape index (κ2) is 5.32. The van der Waals surface area contributed by atoms with Crippen molar-refractivity contribution in [3.63, 3.8) is 0 Å². The summed E-state index contributed by atoms with van der Waals surface area (Å²) in [5, 5.41) is 0. The zero-order chi connectivity index (χ0) is 12.3. The normalized spacial score (nSPS) is 14.7. The summed E-state index contributed by atoms with van der Waals surface area (Å²) in [5.41, 5.74) is 7.75. The summed E-state index contributed by atoms with van der Waals surface area (Å²) >= 11 is 0. The van der Waals surface area contributed by atoms with Crippen LogP contribution in [0.2, 0.25) is 0 Å². The van der Waals surface area contributed by atoms with Gasteiger partial charge in [-0.2, -0.15) is 0 Å². The maximum atomic E-state index is 11.9. The van der Waals surface area contributed by atoms with Crippen LogP contribution in [-0.2, 0) is 11.2 Å². The quantitative estimate of drug-likeness (QED) is 0.843. The second-order valence-electron chi connectivity index (χ2n) is 4.73. The predicted octanol–water partition coefficient (Wildman–Crippen LogP) is 1.95. The molecule has 1 fully saturated rings. The molecule has 0 bridgehead atoms. The van der Waals surface area contributed by atoms with Gasteiger partial charge in [0, 0.05) is 18.7 Å². The van der Waals surface area contributed by atoms with Gasteiger partial charge >= 0.3 is 0 Å². The zero-order valence-corrected chi connectivity index (χ0v) is 10.4. The molecule has 0 aromatic heterocycles. The van der Waals surface area contributed by atoms with Crippen LogP contribution in [0.15, 0.2) is 24.3 Å². The molecular weight excluding hydrogens is 212 g/mol. The summed E-state index contributed by atoms with van der Waals surface area (Å²) in [4.78, 5) is 13.6. The highest BCUT2D eigenvalue weighted by atomic mass is 16.2. The van der Waals surface area contributed by atoms with Gasteiger partial charge in [0.2, 0.25) is 5.91 Å². The fourth-order valence-corrected chi connectivity index (χ4v) is 1.92. The molecule has 0 saturated heterocycles. The van der Waals surface area contributed by atoms with Crippen LogP contribution in [0.1, 0.15) is 24.8 Å². The predicted molar refractivity (Wildman–Crippen MR) is 70.0 cm³/mol. The lowest BCUT2D eigenvalue weighted by molar-refractivity contribution is -0.119. The third kappa shape index (κ3) is 3.07. The van der Waals surface area contributed by atoms with Crippen molar-refractivity contribution in [3.05, 3.63) is 29.8 Å². The summed E-state index contributed by atoms with van der Waals surface area (Å²) in [6, 6.07) is 8.21. The Bertz CT molecular complexity index is 382. The van der Waals surface area contributed by atoms with Crippen LogP contribution in [0.4, 0.5) is 5.69 Å². The van der Waals surface area contributed by atoms with Crippen molar-refractivity contribution in [2.24, 2.45) is 11.7 Å². The Labute approximate surface area is 103 Å². The molecule has 3 heteroatoms. The second-order valence-corrected chi connectivity index (χ2v) is 4.73. The highest BCUT2D eigenvalue weighted by Gasteiger charge is 2.32. The molecule has 3 nitrogen and oxygen atoms in total.